The van der Waals surface area contributed by atoms with E-state index in [1.807, 2.05) is 0 Å². The van der Waals surface area contributed by atoms with Crippen LogP contribution < -0.4 is 14.8 Å². The zero-order chi connectivity index (χ0) is 12.8. The standard InChI is InChI=1S/C11H15Cl2NO3/c1-16-10-4-11(17-2)9(3-8(10)13)14-6-7(15)5-12/h3-4,7,14-15H,5-6H2,1-2H3. The highest BCUT2D eigenvalue weighted by molar-refractivity contribution is 6.32. The van der Waals surface area contributed by atoms with E-state index >= 15 is 0 Å². The van der Waals surface area contributed by atoms with Gasteiger partial charge in [-0.3, -0.25) is 0 Å². The van der Waals surface area contributed by atoms with E-state index < -0.39 is 6.10 Å². The van der Waals surface area contributed by atoms with Gasteiger partial charge in [0, 0.05) is 12.6 Å². The zero-order valence-electron chi connectivity index (χ0n) is 9.67. The van der Waals surface area contributed by atoms with Crippen LogP contribution in [0.25, 0.3) is 0 Å². The van der Waals surface area contributed by atoms with Gasteiger partial charge >= 0.3 is 0 Å². The quantitative estimate of drug-likeness (QED) is 0.785. The first-order chi connectivity index (χ1) is 8.12. The summed E-state index contributed by atoms with van der Waals surface area (Å²) < 4.78 is 10.3. The van der Waals surface area contributed by atoms with E-state index in [0.29, 0.717) is 28.8 Å². The minimum atomic E-state index is -0.623. The maximum atomic E-state index is 9.36. The van der Waals surface area contributed by atoms with E-state index in [1.54, 1.807) is 19.2 Å². The smallest absolute Gasteiger partial charge is 0.145 e. The van der Waals surface area contributed by atoms with E-state index in [-0.39, 0.29) is 5.88 Å². The third kappa shape index (κ3) is 3.84. The highest BCUT2D eigenvalue weighted by Crippen LogP contribution is 2.35. The first kappa shape index (κ1) is 14.2. The molecule has 1 aromatic carbocycles. The van der Waals surface area contributed by atoms with Crippen LogP contribution in [-0.4, -0.2) is 37.9 Å². The van der Waals surface area contributed by atoms with E-state index in [2.05, 4.69) is 5.32 Å². The van der Waals surface area contributed by atoms with Gasteiger partial charge in [-0.15, -0.1) is 11.6 Å². The van der Waals surface area contributed by atoms with Crippen molar-refractivity contribution in [1.29, 1.82) is 0 Å². The monoisotopic (exact) mass is 279 g/mol. The number of aliphatic hydroxyl groups excluding tert-OH is 1. The summed E-state index contributed by atoms with van der Waals surface area (Å²) >= 11 is 11.5. The van der Waals surface area contributed by atoms with Gasteiger partial charge in [-0.1, -0.05) is 11.6 Å². The summed E-state index contributed by atoms with van der Waals surface area (Å²) in [5.74, 6) is 1.29. The van der Waals surface area contributed by atoms with Crippen molar-refractivity contribution in [1.82, 2.24) is 0 Å². The Morgan fingerprint density at radius 1 is 1.29 bits per heavy atom. The molecule has 1 rings (SSSR count). The third-order valence-corrected chi connectivity index (χ3v) is 2.83. The molecule has 0 saturated carbocycles. The van der Waals surface area contributed by atoms with Gasteiger partial charge in [0.15, 0.2) is 0 Å². The molecule has 0 amide bonds. The molecule has 0 heterocycles. The topological polar surface area (TPSA) is 50.7 Å². The third-order valence-electron chi connectivity index (χ3n) is 2.18. The van der Waals surface area contributed by atoms with Crippen LogP contribution in [0.15, 0.2) is 12.1 Å². The van der Waals surface area contributed by atoms with E-state index in [9.17, 15) is 5.11 Å². The van der Waals surface area contributed by atoms with Crippen molar-refractivity contribution in [3.63, 3.8) is 0 Å². The number of aliphatic hydroxyl groups is 1. The van der Waals surface area contributed by atoms with Gasteiger partial charge in [-0.05, 0) is 6.07 Å². The highest BCUT2D eigenvalue weighted by Gasteiger charge is 2.10. The molecular formula is C11H15Cl2NO3. The molecule has 0 radical (unpaired) electrons. The second-order valence-corrected chi connectivity index (χ2v) is 4.09. The summed E-state index contributed by atoms with van der Waals surface area (Å²) in [5.41, 5.74) is 0.683. The van der Waals surface area contributed by atoms with Crippen LogP contribution in [0, 0.1) is 0 Å². The number of hydrogen-bond donors (Lipinski definition) is 2. The van der Waals surface area contributed by atoms with Crippen molar-refractivity contribution in [3.05, 3.63) is 17.2 Å². The molecule has 17 heavy (non-hydrogen) atoms. The van der Waals surface area contributed by atoms with Crippen LogP contribution in [-0.2, 0) is 0 Å². The lowest BCUT2D eigenvalue weighted by Crippen LogP contribution is -2.21. The number of nitrogens with one attached hydrogen (secondary N) is 1. The van der Waals surface area contributed by atoms with Crippen molar-refractivity contribution < 1.29 is 14.6 Å². The van der Waals surface area contributed by atoms with E-state index in [0.717, 1.165) is 0 Å². The lowest BCUT2D eigenvalue weighted by atomic mass is 10.2. The first-order valence-corrected chi connectivity index (χ1v) is 5.93. The Bertz CT molecular complexity index is 374. The predicted molar refractivity (Wildman–Crippen MR) is 69.8 cm³/mol. The van der Waals surface area contributed by atoms with Gasteiger partial charge in [0.25, 0.3) is 0 Å². The summed E-state index contributed by atoms with van der Waals surface area (Å²) in [6.07, 6.45) is -0.623. The average Bonchev–Trinajstić information content (AvgIpc) is 2.35. The van der Waals surface area contributed by atoms with Crippen LogP contribution in [0.5, 0.6) is 11.5 Å². The van der Waals surface area contributed by atoms with E-state index in [1.165, 1.54) is 7.11 Å². The molecule has 1 atom stereocenters. The van der Waals surface area contributed by atoms with E-state index in [4.69, 9.17) is 32.7 Å². The number of hydrogen-bond acceptors (Lipinski definition) is 4. The summed E-state index contributed by atoms with van der Waals surface area (Å²) in [7, 11) is 3.08. The highest BCUT2D eigenvalue weighted by atomic mass is 35.5. The molecular weight excluding hydrogens is 265 g/mol. The summed E-state index contributed by atoms with van der Waals surface area (Å²) in [5, 5.41) is 12.8. The maximum absolute atomic E-state index is 9.36. The number of alkyl halides is 1. The molecule has 2 N–H and O–H groups in total. The molecule has 0 aliphatic heterocycles. The number of anilines is 1. The lowest BCUT2D eigenvalue weighted by Gasteiger charge is -2.15. The second kappa shape index (κ2) is 6.79. The molecule has 1 aromatic rings. The van der Waals surface area contributed by atoms with Gasteiger partial charge in [0.2, 0.25) is 0 Å². The van der Waals surface area contributed by atoms with Gasteiger partial charge in [-0.25, -0.2) is 0 Å². The first-order valence-electron chi connectivity index (χ1n) is 5.01. The van der Waals surface area contributed by atoms with Crippen molar-refractivity contribution in [3.8, 4) is 11.5 Å². The molecule has 0 bridgehead atoms. The number of rotatable bonds is 6. The number of benzene rings is 1. The van der Waals surface area contributed by atoms with Gasteiger partial charge < -0.3 is 19.9 Å². The van der Waals surface area contributed by atoms with Crippen LogP contribution in [0.1, 0.15) is 0 Å². The van der Waals surface area contributed by atoms with Crippen molar-refractivity contribution in [2.45, 2.75) is 6.10 Å². The largest absolute Gasteiger partial charge is 0.495 e. The zero-order valence-corrected chi connectivity index (χ0v) is 11.2. The fraction of sp³-hybridized carbons (Fsp3) is 0.455. The van der Waals surface area contributed by atoms with Gasteiger partial charge in [-0.2, -0.15) is 0 Å². The molecule has 6 heteroatoms. The maximum Gasteiger partial charge on any atom is 0.145 e. The molecule has 0 saturated heterocycles. The van der Waals surface area contributed by atoms with Crippen LogP contribution in [0.2, 0.25) is 5.02 Å². The number of methoxy groups -OCH3 is 2. The van der Waals surface area contributed by atoms with Gasteiger partial charge in [0.1, 0.15) is 11.5 Å². The van der Waals surface area contributed by atoms with Gasteiger partial charge in [0.05, 0.1) is 36.9 Å². The molecule has 0 spiro atoms. The lowest BCUT2D eigenvalue weighted by molar-refractivity contribution is 0.211. The summed E-state index contributed by atoms with van der Waals surface area (Å²) in [6, 6.07) is 3.36. The molecule has 0 aliphatic carbocycles. The Morgan fingerprint density at radius 3 is 2.47 bits per heavy atom. The fourth-order valence-corrected chi connectivity index (χ4v) is 1.63. The van der Waals surface area contributed by atoms with Crippen LogP contribution >= 0.6 is 23.2 Å². The van der Waals surface area contributed by atoms with Crippen LogP contribution in [0.3, 0.4) is 0 Å². The number of ether oxygens (including phenoxy) is 2. The Hall–Kier alpha value is -0.840. The summed E-state index contributed by atoms with van der Waals surface area (Å²) in [6.45, 7) is 0.322. The molecule has 0 fully saturated rings. The molecule has 96 valence electrons. The average molecular weight is 280 g/mol. The molecule has 0 aromatic heterocycles. The molecule has 1 unspecified atom stereocenters. The Balaban J connectivity index is 2.87. The SMILES string of the molecule is COc1cc(OC)c(NCC(O)CCl)cc1Cl. The Kier molecular flexibility index (Phi) is 5.68. The minimum absolute atomic E-state index is 0.166. The normalized spacial score (nSPS) is 12.1. The van der Waals surface area contributed by atoms with Crippen molar-refractivity contribution in [2.24, 2.45) is 0 Å². The number of halogens is 2. The Labute approximate surface area is 110 Å². The molecule has 4 nitrogen and oxygen atoms in total. The molecule has 0 aliphatic rings. The van der Waals surface area contributed by atoms with Crippen molar-refractivity contribution >= 4 is 28.9 Å². The fourth-order valence-electron chi connectivity index (χ4n) is 1.28. The van der Waals surface area contributed by atoms with Crippen LogP contribution in [0.4, 0.5) is 5.69 Å². The Morgan fingerprint density at radius 2 is 1.94 bits per heavy atom. The summed E-state index contributed by atoms with van der Waals surface area (Å²) in [4.78, 5) is 0. The predicted octanol–water partition coefficient (Wildman–Crippen LogP) is 2.37. The second-order valence-electron chi connectivity index (χ2n) is 3.38. The van der Waals surface area contributed by atoms with Crippen molar-refractivity contribution in [2.75, 3.05) is 32.0 Å². The minimum Gasteiger partial charge on any atom is -0.495 e.